The Bertz CT molecular complexity index is 2460. The van der Waals surface area contributed by atoms with Crippen LogP contribution in [-0.2, 0) is 34.7 Å². The Balaban J connectivity index is 0.000000391. The normalized spacial score (nSPS) is 12.4. The predicted molar refractivity (Wildman–Crippen MR) is 245 cm³/mol. The van der Waals surface area contributed by atoms with Gasteiger partial charge in [-0.2, -0.15) is 18.6 Å². The second kappa shape index (κ2) is 30.7. The maximum Gasteiger partial charge on any atom is 1.00 e. The Kier molecular flexibility index (Phi) is 26.4. The molecule has 0 unspecified atom stereocenters. The zero-order valence-corrected chi connectivity index (χ0v) is 40.6. The van der Waals surface area contributed by atoms with Crippen molar-refractivity contribution in [1.82, 2.24) is 20.3 Å². The largest absolute Gasteiger partial charge is 1.00 e. The number of hydrogen-bond donors (Lipinski definition) is 7. The Labute approximate surface area is 411 Å². The summed E-state index contributed by atoms with van der Waals surface area (Å²) in [6, 6.07) is 17.3. The predicted octanol–water partition coefficient (Wildman–Crippen LogP) is 0.144. The van der Waals surface area contributed by atoms with E-state index in [1.807, 2.05) is 0 Å². The molecule has 0 saturated carbocycles. The first-order chi connectivity index (χ1) is 31.6. The van der Waals surface area contributed by atoms with E-state index in [-0.39, 0.29) is 75.7 Å². The van der Waals surface area contributed by atoms with Crippen molar-refractivity contribution in [3.8, 4) is 0 Å². The number of amides is 3. The van der Waals surface area contributed by atoms with Gasteiger partial charge < -0.3 is 31.9 Å². The Morgan fingerprint density at radius 3 is 1.58 bits per heavy atom. The van der Waals surface area contributed by atoms with Crippen LogP contribution >= 0.6 is 0 Å². The number of rotatable bonds is 22. The fraction of sp³-hybridized carbons (Fsp3) is 0.333. The van der Waals surface area contributed by atoms with Crippen LogP contribution in [0.25, 0.3) is 0 Å². The molecule has 3 heterocycles. The molecule has 5 rings (SSSR count). The molecule has 1 saturated heterocycles. The first kappa shape index (κ1) is 57.6. The van der Waals surface area contributed by atoms with Gasteiger partial charge in [-0.25, -0.2) is 23.2 Å². The molecule has 0 radical (unpaired) electrons. The second-order valence-corrected chi connectivity index (χ2v) is 16.8. The number of hydroxylamine groups is 2. The molecule has 25 heteroatoms. The molecule has 0 atom stereocenters. The van der Waals surface area contributed by atoms with Crippen LogP contribution in [0.1, 0.15) is 96.1 Å². The van der Waals surface area contributed by atoms with E-state index in [0.717, 1.165) is 70.1 Å². The molecule has 10 N–H and O–H groups in total. The van der Waals surface area contributed by atoms with Gasteiger partial charge in [0.2, 0.25) is 0 Å². The number of imide groups is 1. The van der Waals surface area contributed by atoms with Crippen LogP contribution in [-0.4, -0.2) is 103 Å². The van der Waals surface area contributed by atoms with Gasteiger partial charge in [-0.05, 0) is 81.7 Å². The molecule has 1 aliphatic heterocycles. The number of nitrogens with one attached hydrogen (secondary N) is 3. The summed E-state index contributed by atoms with van der Waals surface area (Å²) in [5.41, 5.74) is 21.9. The van der Waals surface area contributed by atoms with E-state index in [1.54, 1.807) is 24.3 Å². The first-order valence-electron chi connectivity index (χ1n) is 20.7. The Morgan fingerprint density at radius 1 is 0.687 bits per heavy atom. The van der Waals surface area contributed by atoms with E-state index in [1.165, 1.54) is 67.7 Å². The van der Waals surface area contributed by atoms with Crippen molar-refractivity contribution in [3.63, 3.8) is 0 Å². The third kappa shape index (κ3) is 21.3. The van der Waals surface area contributed by atoms with Gasteiger partial charge in [0.15, 0.2) is 0 Å². The van der Waals surface area contributed by atoms with Crippen LogP contribution in [0.2, 0.25) is 0 Å². The molecule has 1 fully saturated rings. The number of carbonyl (C=O) groups excluding carboxylic acids is 4. The van der Waals surface area contributed by atoms with Crippen molar-refractivity contribution in [2.75, 3.05) is 37.0 Å². The molecule has 67 heavy (non-hydrogen) atoms. The molecular formula is C42H54N11NaO11S2. The number of anilines is 2. The smallest absolute Gasteiger partial charge is 0.744 e. The standard InChI is InChI=1S/C19H25N5O4S.C17H14N4O7S.C6H16N2.Na/c20-11-5-1-2-6-12-21-19(25)16-9-10-18(22-13-16)24-23-14-15-7-3-4-8-17(15)29(26,27)28;22-15-7-8-16(23)21(15)28-17(24)12-5-6-14(18-9-12)20-19-10-11-3-1-2-4-13(11)29(25,26)27;7-5-3-1-2-4-6-8;/h3-4,7-10,13-14H,1-2,5-6,11-12,20H2,(H,21,25)(H,22,24)(H,26,27,28);1-6,9-10H,7-8H2,(H,18,20)(H,25,26,27);1-8H2;/q;;;+1/p-1. The minimum Gasteiger partial charge on any atom is -0.744 e. The molecular weight excluding hydrogens is 922 g/mol. The minimum absolute atomic E-state index is 0. The van der Waals surface area contributed by atoms with E-state index < -0.39 is 42.9 Å². The number of carbonyl (C=O) groups is 4. The summed E-state index contributed by atoms with van der Waals surface area (Å²) in [6.07, 6.45) is 13.7. The Hall–Kier alpha value is -5.54. The molecule has 1 aliphatic rings. The molecule has 4 aromatic rings. The van der Waals surface area contributed by atoms with Gasteiger partial charge >= 0.3 is 35.5 Å². The van der Waals surface area contributed by atoms with Crippen LogP contribution in [0.5, 0.6) is 0 Å². The number of hydrogen-bond acceptors (Lipinski definition) is 19. The quantitative estimate of drug-likeness (QED) is 0.0138. The van der Waals surface area contributed by atoms with Crippen LogP contribution in [0.4, 0.5) is 11.6 Å². The van der Waals surface area contributed by atoms with Crippen LogP contribution < -0.4 is 62.9 Å². The maximum atomic E-state index is 12.1. The van der Waals surface area contributed by atoms with Crippen molar-refractivity contribution < 1.29 is 79.5 Å². The average molecular weight is 976 g/mol. The number of pyridine rings is 2. The fourth-order valence-corrected chi connectivity index (χ4v) is 6.83. The van der Waals surface area contributed by atoms with Crippen molar-refractivity contribution >= 4 is 68.0 Å². The summed E-state index contributed by atoms with van der Waals surface area (Å²) in [5, 5.41) is 11.0. The number of benzene rings is 2. The number of hydrazone groups is 2. The monoisotopic (exact) mass is 975 g/mol. The van der Waals surface area contributed by atoms with Gasteiger partial charge in [0, 0.05) is 42.9 Å². The number of unbranched alkanes of at least 4 members (excludes halogenated alkanes) is 6. The van der Waals surface area contributed by atoms with Crippen molar-refractivity contribution in [3.05, 3.63) is 107 Å². The SMILES string of the molecule is NCCCCCCN.NCCCCCCNC(=O)c1ccc(NN=Cc2ccccc2S(=O)(=O)O)nc1.O=C(ON1C(=O)CCC1=O)c1ccc(NN=Cc2ccccc2S(=O)(=O)[O-])nc1.[Na+]. The topological polar surface area (TPSA) is 357 Å². The molecule has 0 spiro atoms. The molecule has 0 bridgehead atoms. The van der Waals surface area contributed by atoms with Gasteiger partial charge in [-0.3, -0.25) is 29.8 Å². The molecule has 2 aromatic heterocycles. The van der Waals surface area contributed by atoms with Crippen LogP contribution in [0, 0.1) is 0 Å². The number of aromatic nitrogens is 2. The maximum absolute atomic E-state index is 12.1. The van der Waals surface area contributed by atoms with Crippen molar-refractivity contribution in [2.45, 2.75) is 74.0 Å². The van der Waals surface area contributed by atoms with E-state index in [2.05, 4.69) is 36.3 Å². The summed E-state index contributed by atoms with van der Waals surface area (Å²) in [7, 11) is -8.99. The minimum atomic E-state index is -4.65. The molecule has 356 valence electrons. The average Bonchev–Trinajstić information content (AvgIpc) is 3.61. The van der Waals surface area contributed by atoms with E-state index in [4.69, 9.17) is 22.0 Å². The Morgan fingerprint density at radius 2 is 1.13 bits per heavy atom. The van der Waals surface area contributed by atoms with Gasteiger partial charge in [-0.15, -0.1) is 5.06 Å². The van der Waals surface area contributed by atoms with E-state index >= 15 is 0 Å². The van der Waals surface area contributed by atoms with Gasteiger partial charge in [-0.1, -0.05) is 62.1 Å². The molecule has 22 nitrogen and oxygen atoms in total. The van der Waals surface area contributed by atoms with Gasteiger partial charge in [0.05, 0.1) is 28.5 Å². The van der Waals surface area contributed by atoms with Gasteiger partial charge in [0.1, 0.15) is 26.6 Å². The number of nitrogens with zero attached hydrogens (tertiary/aromatic N) is 5. The summed E-state index contributed by atoms with van der Waals surface area (Å²) in [4.78, 5) is 59.1. The third-order valence-electron chi connectivity index (χ3n) is 8.93. The summed E-state index contributed by atoms with van der Waals surface area (Å²) in [5.74, 6) is -1.73. The van der Waals surface area contributed by atoms with Crippen LogP contribution in [0.3, 0.4) is 0 Å². The van der Waals surface area contributed by atoms with E-state index in [9.17, 15) is 45.1 Å². The summed E-state index contributed by atoms with van der Waals surface area (Å²) < 4.78 is 65.6. The molecule has 3 amide bonds. The summed E-state index contributed by atoms with van der Waals surface area (Å²) in [6.45, 7) is 2.94. The van der Waals surface area contributed by atoms with Crippen molar-refractivity contribution in [1.29, 1.82) is 0 Å². The zero-order valence-electron chi connectivity index (χ0n) is 37.0. The van der Waals surface area contributed by atoms with Gasteiger partial charge in [0.25, 0.3) is 27.8 Å². The molecule has 0 aliphatic carbocycles. The fourth-order valence-electron chi connectivity index (χ4n) is 5.51. The first-order valence-corrected chi connectivity index (χ1v) is 23.5. The van der Waals surface area contributed by atoms with E-state index in [0.29, 0.717) is 29.5 Å². The van der Waals surface area contributed by atoms with Crippen molar-refractivity contribution in [2.24, 2.45) is 27.4 Å². The zero-order chi connectivity index (χ0) is 48.4. The number of nitrogens with two attached hydrogens (primary N) is 3. The summed E-state index contributed by atoms with van der Waals surface area (Å²) >= 11 is 0. The molecule has 2 aromatic carbocycles. The third-order valence-corrected chi connectivity index (χ3v) is 10.8. The van der Waals surface area contributed by atoms with Crippen LogP contribution in [0.15, 0.2) is 105 Å². The second-order valence-electron chi connectivity index (χ2n) is 14.0.